The number of aromatic nitrogens is 1. The van der Waals surface area contributed by atoms with E-state index in [1.165, 1.54) is 24.3 Å². The van der Waals surface area contributed by atoms with Gasteiger partial charge in [-0.25, -0.2) is 8.42 Å². The Morgan fingerprint density at radius 1 is 1.21 bits per heavy atom. The van der Waals surface area contributed by atoms with E-state index in [0.29, 0.717) is 6.07 Å². The minimum absolute atomic E-state index is 0.113. The molecule has 0 saturated carbocycles. The minimum Gasteiger partial charge on any atom is -0.354 e. The smallest absolute Gasteiger partial charge is 0.354 e. The van der Waals surface area contributed by atoms with E-state index in [1.807, 2.05) is 0 Å². The third kappa shape index (κ3) is 4.71. The molecule has 12 heteroatoms. The maximum absolute atomic E-state index is 12.7. The van der Waals surface area contributed by atoms with Crippen molar-refractivity contribution in [3.05, 3.63) is 53.9 Å². The third-order valence-corrected chi connectivity index (χ3v) is 5.89. The van der Waals surface area contributed by atoms with E-state index in [1.54, 1.807) is 0 Å². The quantitative estimate of drug-likeness (QED) is 0.767. The fourth-order valence-electron chi connectivity index (χ4n) is 2.60. The summed E-state index contributed by atoms with van der Waals surface area (Å²) >= 11 is 0. The van der Waals surface area contributed by atoms with Gasteiger partial charge >= 0.3 is 6.18 Å². The molecule has 0 unspecified atom stereocenters. The second-order valence-corrected chi connectivity index (χ2v) is 8.04. The van der Waals surface area contributed by atoms with E-state index in [2.05, 4.69) is 15.6 Å². The number of anilines is 1. The number of nitrogens with one attached hydrogen (secondary N) is 2. The molecular formula is C17H15F3N4O4S. The SMILES string of the molecule is O=C1CN(S(=O)(=O)c2cccc(NC(=O)c3ccc(C(F)(F)F)nc3)c2)CCN1. The number of alkyl halides is 3. The standard InChI is InChI=1S/C17H15F3N4O4S/c18-17(19,20)14-5-4-11(9-22-14)16(26)23-12-2-1-3-13(8-12)29(27,28)24-7-6-21-15(25)10-24/h1-5,8-9H,6-7,10H2,(H,21,25)(H,23,26). The molecule has 0 atom stereocenters. The summed E-state index contributed by atoms with van der Waals surface area (Å²) in [5.41, 5.74) is -1.14. The predicted octanol–water partition coefficient (Wildman–Crippen LogP) is 1.47. The minimum atomic E-state index is -4.62. The molecule has 1 aliphatic rings. The molecule has 0 aliphatic carbocycles. The highest BCUT2D eigenvalue weighted by Crippen LogP contribution is 2.27. The van der Waals surface area contributed by atoms with Gasteiger partial charge in [-0.1, -0.05) is 6.07 Å². The van der Waals surface area contributed by atoms with Crippen LogP contribution in [0.25, 0.3) is 0 Å². The van der Waals surface area contributed by atoms with Crippen LogP contribution in [-0.2, 0) is 21.0 Å². The van der Waals surface area contributed by atoms with Crippen LogP contribution in [0.5, 0.6) is 0 Å². The molecule has 1 saturated heterocycles. The highest BCUT2D eigenvalue weighted by atomic mass is 32.2. The maximum atomic E-state index is 12.7. The van der Waals surface area contributed by atoms with Gasteiger partial charge in [0.15, 0.2) is 0 Å². The van der Waals surface area contributed by atoms with Gasteiger partial charge in [-0.15, -0.1) is 0 Å². The Hall–Kier alpha value is -2.99. The summed E-state index contributed by atoms with van der Waals surface area (Å²) in [6.45, 7) is -0.00651. The van der Waals surface area contributed by atoms with Gasteiger partial charge in [-0.2, -0.15) is 17.5 Å². The van der Waals surface area contributed by atoms with Gasteiger partial charge in [0.05, 0.1) is 17.0 Å². The van der Waals surface area contributed by atoms with Crippen LogP contribution >= 0.6 is 0 Å². The Kier molecular flexibility index (Phi) is 5.57. The summed E-state index contributed by atoms with van der Waals surface area (Å²) in [4.78, 5) is 26.8. The number of amides is 2. The van der Waals surface area contributed by atoms with E-state index >= 15 is 0 Å². The zero-order valence-corrected chi connectivity index (χ0v) is 15.5. The number of piperazine rings is 1. The number of pyridine rings is 1. The molecule has 2 amide bonds. The molecule has 0 bridgehead atoms. The number of hydrogen-bond donors (Lipinski definition) is 2. The van der Waals surface area contributed by atoms with E-state index in [0.717, 1.165) is 16.6 Å². The molecule has 1 aromatic heterocycles. The Morgan fingerprint density at radius 2 is 1.97 bits per heavy atom. The lowest BCUT2D eigenvalue weighted by molar-refractivity contribution is -0.141. The highest BCUT2D eigenvalue weighted by molar-refractivity contribution is 7.89. The second kappa shape index (κ2) is 7.79. The number of carbonyl (C=O) groups excluding carboxylic acids is 2. The first kappa shape index (κ1) is 20.7. The lowest BCUT2D eigenvalue weighted by Gasteiger charge is -2.26. The van der Waals surface area contributed by atoms with Crippen molar-refractivity contribution < 1.29 is 31.2 Å². The Morgan fingerprint density at radius 3 is 2.59 bits per heavy atom. The van der Waals surface area contributed by atoms with Gasteiger partial charge in [0.25, 0.3) is 5.91 Å². The molecule has 0 spiro atoms. The first-order valence-electron chi connectivity index (χ1n) is 8.29. The van der Waals surface area contributed by atoms with Crippen molar-refractivity contribution in [1.29, 1.82) is 0 Å². The van der Waals surface area contributed by atoms with Gasteiger partial charge in [0, 0.05) is 25.0 Å². The summed E-state index contributed by atoms with van der Waals surface area (Å²) in [7, 11) is -3.96. The van der Waals surface area contributed by atoms with Crippen molar-refractivity contribution in [2.75, 3.05) is 25.0 Å². The predicted molar refractivity (Wildman–Crippen MR) is 95.4 cm³/mol. The Labute approximate surface area is 163 Å². The summed E-state index contributed by atoms with van der Waals surface area (Å²) < 4.78 is 64.1. The zero-order chi connectivity index (χ0) is 21.2. The lowest BCUT2D eigenvalue weighted by Crippen LogP contribution is -2.49. The van der Waals surface area contributed by atoms with Crippen molar-refractivity contribution in [2.24, 2.45) is 0 Å². The van der Waals surface area contributed by atoms with Gasteiger partial charge in [-0.05, 0) is 30.3 Å². The monoisotopic (exact) mass is 428 g/mol. The van der Waals surface area contributed by atoms with Gasteiger partial charge in [0.1, 0.15) is 5.69 Å². The number of rotatable bonds is 4. The van der Waals surface area contributed by atoms with E-state index in [-0.39, 0.29) is 35.8 Å². The van der Waals surface area contributed by atoms with Crippen LogP contribution < -0.4 is 10.6 Å². The molecule has 1 aliphatic heterocycles. The Balaban J connectivity index is 1.77. The third-order valence-electron chi connectivity index (χ3n) is 4.05. The van der Waals surface area contributed by atoms with Crippen LogP contribution in [0.4, 0.5) is 18.9 Å². The summed E-state index contributed by atoms with van der Waals surface area (Å²) in [6.07, 6.45) is -3.84. The summed E-state index contributed by atoms with van der Waals surface area (Å²) in [5.74, 6) is -1.17. The molecule has 1 fully saturated rings. The topological polar surface area (TPSA) is 108 Å². The first-order valence-corrected chi connectivity index (χ1v) is 9.73. The van der Waals surface area contributed by atoms with Crippen LogP contribution in [-0.4, -0.2) is 49.2 Å². The zero-order valence-electron chi connectivity index (χ0n) is 14.7. The van der Waals surface area contributed by atoms with E-state index in [9.17, 15) is 31.2 Å². The average Bonchev–Trinajstić information content (AvgIpc) is 2.67. The lowest BCUT2D eigenvalue weighted by atomic mass is 10.2. The molecule has 2 aromatic rings. The largest absolute Gasteiger partial charge is 0.433 e. The normalized spacial score (nSPS) is 15.6. The first-order chi connectivity index (χ1) is 13.6. The molecule has 29 heavy (non-hydrogen) atoms. The number of benzene rings is 1. The van der Waals surface area contributed by atoms with Crippen LogP contribution in [0.2, 0.25) is 0 Å². The van der Waals surface area contributed by atoms with Crippen molar-refractivity contribution in [2.45, 2.75) is 11.1 Å². The van der Waals surface area contributed by atoms with Gasteiger partial charge < -0.3 is 10.6 Å². The number of carbonyl (C=O) groups is 2. The molecule has 154 valence electrons. The molecular weight excluding hydrogens is 413 g/mol. The summed E-state index contributed by atoms with van der Waals surface area (Å²) in [6, 6.07) is 7.00. The number of halogens is 3. The number of sulfonamides is 1. The maximum Gasteiger partial charge on any atom is 0.433 e. The Bertz CT molecular complexity index is 1040. The van der Waals surface area contributed by atoms with Gasteiger partial charge in [0.2, 0.25) is 15.9 Å². The van der Waals surface area contributed by atoms with Crippen LogP contribution in [0, 0.1) is 0 Å². The molecule has 2 heterocycles. The van der Waals surface area contributed by atoms with E-state index < -0.39 is 33.7 Å². The summed E-state index contributed by atoms with van der Waals surface area (Å²) in [5, 5.41) is 4.94. The average molecular weight is 428 g/mol. The number of hydrogen-bond acceptors (Lipinski definition) is 5. The molecule has 8 nitrogen and oxygen atoms in total. The van der Waals surface area contributed by atoms with Crippen LogP contribution in [0.3, 0.4) is 0 Å². The second-order valence-electron chi connectivity index (χ2n) is 6.10. The van der Waals surface area contributed by atoms with Crippen LogP contribution in [0.1, 0.15) is 16.1 Å². The molecule has 2 N–H and O–H groups in total. The molecule has 0 radical (unpaired) electrons. The van der Waals surface area contributed by atoms with Crippen LogP contribution in [0.15, 0.2) is 47.5 Å². The van der Waals surface area contributed by atoms with Crippen molar-refractivity contribution in [1.82, 2.24) is 14.6 Å². The fraction of sp³-hybridized carbons (Fsp3) is 0.235. The van der Waals surface area contributed by atoms with Crippen molar-refractivity contribution in [3.63, 3.8) is 0 Å². The molecule has 1 aromatic carbocycles. The van der Waals surface area contributed by atoms with E-state index in [4.69, 9.17) is 0 Å². The highest BCUT2D eigenvalue weighted by Gasteiger charge is 2.32. The number of nitrogens with zero attached hydrogens (tertiary/aromatic N) is 2. The van der Waals surface area contributed by atoms with Crippen molar-refractivity contribution in [3.8, 4) is 0 Å². The van der Waals surface area contributed by atoms with Crippen molar-refractivity contribution >= 4 is 27.5 Å². The fourth-order valence-corrected chi connectivity index (χ4v) is 4.05. The van der Waals surface area contributed by atoms with Gasteiger partial charge in [-0.3, -0.25) is 14.6 Å². The molecule has 3 rings (SSSR count).